The van der Waals surface area contributed by atoms with Gasteiger partial charge in [-0.25, -0.2) is 4.98 Å². The number of nitrogens with zero attached hydrogens (tertiary/aromatic N) is 2. The Morgan fingerprint density at radius 2 is 1.85 bits per heavy atom. The Kier molecular flexibility index (Phi) is 5.81. The smallest absolute Gasteiger partial charge is 0.237 e. The first-order valence-corrected chi connectivity index (χ1v) is 9.46. The van der Waals surface area contributed by atoms with Gasteiger partial charge in [0, 0.05) is 5.56 Å². The first kappa shape index (κ1) is 19.0. The van der Waals surface area contributed by atoms with Crippen molar-refractivity contribution in [3.05, 3.63) is 53.6 Å². The molecular weight excluding hydrogens is 360 g/mol. The summed E-state index contributed by atoms with van der Waals surface area (Å²) in [4.78, 5) is 17.0. The number of anilines is 1. The van der Waals surface area contributed by atoms with Crippen molar-refractivity contribution in [3.63, 3.8) is 0 Å². The van der Waals surface area contributed by atoms with E-state index in [2.05, 4.69) is 20.5 Å². The zero-order valence-corrected chi connectivity index (χ0v) is 16.6. The number of methoxy groups -OCH3 is 1. The van der Waals surface area contributed by atoms with E-state index >= 15 is 0 Å². The number of carbonyl (C=O) groups is 1. The lowest BCUT2D eigenvalue weighted by Crippen LogP contribution is -2.22. The van der Waals surface area contributed by atoms with Crippen molar-refractivity contribution < 1.29 is 9.53 Å². The molecule has 1 atom stereocenters. The van der Waals surface area contributed by atoms with E-state index in [4.69, 9.17) is 4.74 Å². The molecule has 6 nitrogen and oxygen atoms in total. The lowest BCUT2D eigenvalue weighted by Gasteiger charge is -2.13. The van der Waals surface area contributed by atoms with E-state index in [0.717, 1.165) is 11.1 Å². The topological polar surface area (TPSA) is 79.9 Å². The number of amides is 1. The summed E-state index contributed by atoms with van der Waals surface area (Å²) in [5.74, 6) is 1.18. The maximum Gasteiger partial charge on any atom is 0.237 e. The zero-order chi connectivity index (χ0) is 19.4. The highest BCUT2D eigenvalue weighted by Gasteiger charge is 2.19. The number of hydrogen-bond donors (Lipinski definition) is 2. The molecule has 3 rings (SSSR count). The van der Waals surface area contributed by atoms with Crippen molar-refractivity contribution in [1.82, 2.24) is 15.2 Å². The molecule has 1 aromatic heterocycles. The third-order valence-corrected chi connectivity index (χ3v) is 5.02. The molecule has 27 heavy (non-hydrogen) atoms. The van der Waals surface area contributed by atoms with Crippen LogP contribution in [0.5, 0.6) is 5.75 Å². The minimum Gasteiger partial charge on any atom is -0.495 e. The van der Waals surface area contributed by atoms with Gasteiger partial charge >= 0.3 is 0 Å². The van der Waals surface area contributed by atoms with Crippen LogP contribution in [0.3, 0.4) is 0 Å². The summed E-state index contributed by atoms with van der Waals surface area (Å²) in [5, 5.41) is 10.2. The van der Waals surface area contributed by atoms with Crippen LogP contribution in [0.2, 0.25) is 0 Å². The minimum absolute atomic E-state index is 0.134. The van der Waals surface area contributed by atoms with Gasteiger partial charge < -0.3 is 10.1 Å². The number of aromatic amines is 1. The van der Waals surface area contributed by atoms with Gasteiger partial charge in [0.15, 0.2) is 5.82 Å². The fraction of sp³-hybridized carbons (Fsp3) is 0.250. The van der Waals surface area contributed by atoms with Crippen molar-refractivity contribution >= 4 is 23.4 Å². The molecule has 3 aromatic rings. The van der Waals surface area contributed by atoms with Gasteiger partial charge in [0.1, 0.15) is 5.75 Å². The van der Waals surface area contributed by atoms with Crippen molar-refractivity contribution in [3.8, 4) is 17.1 Å². The number of nitrogens with one attached hydrogen (secondary N) is 2. The van der Waals surface area contributed by atoms with Crippen LogP contribution >= 0.6 is 11.8 Å². The third-order valence-electron chi connectivity index (χ3n) is 4.05. The maximum atomic E-state index is 12.6. The number of aryl methyl sites for hydroxylation is 2. The molecule has 0 fully saturated rings. The Labute approximate surface area is 162 Å². The molecule has 0 bridgehead atoms. The van der Waals surface area contributed by atoms with Gasteiger partial charge in [0.05, 0.1) is 18.0 Å². The Hall–Kier alpha value is -2.80. The summed E-state index contributed by atoms with van der Waals surface area (Å²) in [6, 6.07) is 13.7. The van der Waals surface area contributed by atoms with E-state index in [1.807, 2.05) is 63.2 Å². The van der Waals surface area contributed by atoms with Crippen molar-refractivity contribution in [2.24, 2.45) is 0 Å². The first-order valence-electron chi connectivity index (χ1n) is 8.58. The fourth-order valence-electron chi connectivity index (χ4n) is 2.51. The van der Waals surface area contributed by atoms with Crippen LogP contribution < -0.4 is 10.1 Å². The number of hydrogen-bond acceptors (Lipinski definition) is 5. The quantitative estimate of drug-likeness (QED) is 0.624. The first-order chi connectivity index (χ1) is 13.0. The number of rotatable bonds is 6. The molecule has 1 unspecified atom stereocenters. The summed E-state index contributed by atoms with van der Waals surface area (Å²) in [7, 11) is 1.58. The van der Waals surface area contributed by atoms with Gasteiger partial charge in [-0.05, 0) is 38.5 Å². The van der Waals surface area contributed by atoms with Crippen LogP contribution in [-0.4, -0.2) is 33.4 Å². The van der Waals surface area contributed by atoms with Gasteiger partial charge in [-0.3, -0.25) is 9.89 Å². The largest absolute Gasteiger partial charge is 0.495 e. The van der Waals surface area contributed by atoms with Crippen molar-refractivity contribution in [2.45, 2.75) is 31.2 Å². The molecular formula is C20H22N4O2S. The zero-order valence-electron chi connectivity index (χ0n) is 15.7. The molecule has 7 heteroatoms. The average Bonchev–Trinajstić information content (AvgIpc) is 3.11. The SMILES string of the molecule is COc1ccc(C)cc1NC(=O)C(C)Sc1n[nH]c(-c2ccc(C)cc2)n1. The van der Waals surface area contributed by atoms with Gasteiger partial charge in [-0.1, -0.05) is 47.7 Å². The summed E-state index contributed by atoms with van der Waals surface area (Å²) in [6.45, 7) is 5.83. The summed E-state index contributed by atoms with van der Waals surface area (Å²) >= 11 is 1.30. The second-order valence-electron chi connectivity index (χ2n) is 6.29. The number of thioether (sulfide) groups is 1. The lowest BCUT2D eigenvalue weighted by molar-refractivity contribution is -0.115. The number of H-pyrrole nitrogens is 1. The van der Waals surface area contributed by atoms with Crippen LogP contribution in [0, 0.1) is 13.8 Å². The molecule has 1 amide bonds. The summed E-state index contributed by atoms with van der Waals surface area (Å²) < 4.78 is 5.31. The van der Waals surface area contributed by atoms with Gasteiger partial charge in [0.25, 0.3) is 0 Å². The van der Waals surface area contributed by atoms with Crippen LogP contribution in [0.25, 0.3) is 11.4 Å². The Morgan fingerprint density at radius 3 is 2.56 bits per heavy atom. The molecule has 0 spiro atoms. The van der Waals surface area contributed by atoms with Gasteiger partial charge in [-0.2, -0.15) is 0 Å². The standard InChI is InChI=1S/C20H22N4O2S/c1-12-5-8-15(9-6-12)18-22-20(24-23-18)27-14(3)19(25)21-16-11-13(2)7-10-17(16)26-4/h5-11,14H,1-4H3,(H,21,25)(H,22,23,24). The number of benzene rings is 2. The van der Waals surface area contributed by atoms with E-state index < -0.39 is 0 Å². The molecule has 0 aliphatic heterocycles. The van der Waals surface area contributed by atoms with E-state index in [9.17, 15) is 4.79 Å². The van der Waals surface area contributed by atoms with Crippen molar-refractivity contribution in [1.29, 1.82) is 0 Å². The average molecular weight is 382 g/mol. The van der Waals surface area contributed by atoms with Crippen LogP contribution in [0.4, 0.5) is 5.69 Å². The predicted molar refractivity (Wildman–Crippen MR) is 108 cm³/mol. The van der Waals surface area contributed by atoms with Crippen molar-refractivity contribution in [2.75, 3.05) is 12.4 Å². The fourth-order valence-corrected chi connectivity index (χ4v) is 3.23. The highest BCUT2D eigenvalue weighted by Crippen LogP contribution is 2.28. The molecule has 1 heterocycles. The molecule has 0 radical (unpaired) electrons. The molecule has 140 valence electrons. The normalized spacial score (nSPS) is 11.9. The minimum atomic E-state index is -0.364. The van der Waals surface area contributed by atoms with E-state index in [0.29, 0.717) is 22.4 Å². The highest BCUT2D eigenvalue weighted by molar-refractivity contribution is 8.00. The van der Waals surface area contributed by atoms with Gasteiger partial charge in [0.2, 0.25) is 11.1 Å². The second kappa shape index (κ2) is 8.26. The summed E-state index contributed by atoms with van der Waals surface area (Å²) in [6.07, 6.45) is 0. The monoisotopic (exact) mass is 382 g/mol. The molecule has 2 aromatic carbocycles. The predicted octanol–water partition coefficient (Wildman–Crippen LogP) is 4.22. The number of carbonyl (C=O) groups excluding carboxylic acids is 1. The lowest BCUT2D eigenvalue weighted by atomic mass is 10.1. The van der Waals surface area contributed by atoms with E-state index in [1.165, 1.54) is 17.3 Å². The third kappa shape index (κ3) is 4.68. The molecule has 2 N–H and O–H groups in total. The second-order valence-corrected chi connectivity index (χ2v) is 7.59. The number of ether oxygens (including phenoxy) is 1. The van der Waals surface area contributed by atoms with E-state index in [-0.39, 0.29) is 11.2 Å². The molecule has 0 saturated heterocycles. The van der Waals surface area contributed by atoms with Crippen LogP contribution in [-0.2, 0) is 4.79 Å². The number of aromatic nitrogens is 3. The summed E-state index contributed by atoms with van der Waals surface area (Å²) in [5.41, 5.74) is 3.85. The van der Waals surface area contributed by atoms with Crippen LogP contribution in [0.15, 0.2) is 47.6 Å². The molecule has 0 aliphatic rings. The maximum absolute atomic E-state index is 12.6. The molecule has 0 aliphatic carbocycles. The Bertz CT molecular complexity index is 937. The highest BCUT2D eigenvalue weighted by atomic mass is 32.2. The van der Waals surface area contributed by atoms with Gasteiger partial charge in [-0.15, -0.1) is 5.10 Å². The Morgan fingerprint density at radius 1 is 1.15 bits per heavy atom. The Balaban J connectivity index is 1.67. The van der Waals surface area contributed by atoms with Crippen LogP contribution in [0.1, 0.15) is 18.1 Å². The molecule has 0 saturated carbocycles. The van der Waals surface area contributed by atoms with E-state index in [1.54, 1.807) is 7.11 Å².